The summed E-state index contributed by atoms with van der Waals surface area (Å²) in [5.41, 5.74) is 1.30. The lowest BCUT2D eigenvalue weighted by atomic mass is 9.75. The van der Waals surface area contributed by atoms with Crippen molar-refractivity contribution < 1.29 is 14.3 Å². The molecule has 1 amide bonds. The Morgan fingerprint density at radius 2 is 1.79 bits per heavy atom. The minimum atomic E-state index is 0.310. The van der Waals surface area contributed by atoms with E-state index in [1.165, 1.54) is 44.3 Å². The zero-order valence-corrected chi connectivity index (χ0v) is 17.1. The summed E-state index contributed by atoms with van der Waals surface area (Å²) < 4.78 is 11.2. The average molecular weight is 398 g/mol. The molecule has 6 heteroatoms. The monoisotopic (exact) mass is 397 g/mol. The van der Waals surface area contributed by atoms with E-state index in [9.17, 15) is 4.79 Å². The van der Waals surface area contributed by atoms with E-state index < -0.39 is 0 Å². The maximum Gasteiger partial charge on any atom is 0.231 e. The van der Waals surface area contributed by atoms with E-state index in [1.807, 2.05) is 6.07 Å². The molecule has 6 nitrogen and oxygen atoms in total. The van der Waals surface area contributed by atoms with Crippen LogP contribution in [0.1, 0.15) is 43.6 Å². The standard InChI is InChI=1S/C23H31N3O3/c27-21(7-10-24-8-1-2-9-24)26-14-18(17-3-4-19-20(13-17)29-15-28-19)23-22(26)16-5-11-25(23)12-6-16/h3-4,13,16,18,22-23H,1-2,5-12,14-15H2/t18-,22+,23+/m1/s1. The van der Waals surface area contributed by atoms with Crippen molar-refractivity contribution in [3.05, 3.63) is 23.8 Å². The topological polar surface area (TPSA) is 45.3 Å². The first kappa shape index (κ1) is 18.0. The fourth-order valence-corrected chi connectivity index (χ4v) is 6.54. The third-order valence-electron chi connectivity index (χ3n) is 7.98. The molecule has 2 bridgehead atoms. The second-order valence-electron chi connectivity index (χ2n) is 9.42. The predicted molar refractivity (Wildman–Crippen MR) is 109 cm³/mol. The predicted octanol–water partition coefficient (Wildman–Crippen LogP) is 2.29. The van der Waals surface area contributed by atoms with Gasteiger partial charge in [-0.3, -0.25) is 9.69 Å². The van der Waals surface area contributed by atoms with Gasteiger partial charge in [0.05, 0.1) is 6.04 Å². The van der Waals surface area contributed by atoms with Gasteiger partial charge in [0.25, 0.3) is 0 Å². The van der Waals surface area contributed by atoms with Crippen LogP contribution in [0.2, 0.25) is 0 Å². The van der Waals surface area contributed by atoms with Crippen LogP contribution >= 0.6 is 0 Å². The Hall–Kier alpha value is -1.79. The molecule has 0 aromatic heterocycles. The highest BCUT2D eigenvalue weighted by atomic mass is 16.7. The van der Waals surface area contributed by atoms with E-state index in [0.717, 1.165) is 37.7 Å². The molecule has 3 atom stereocenters. The number of hydrogen-bond donors (Lipinski definition) is 0. The first-order valence-electron chi connectivity index (χ1n) is 11.4. The third-order valence-corrected chi connectivity index (χ3v) is 7.98. The molecule has 0 unspecified atom stereocenters. The van der Waals surface area contributed by atoms with Gasteiger partial charge in [0.2, 0.25) is 12.7 Å². The van der Waals surface area contributed by atoms with Gasteiger partial charge in [-0.2, -0.15) is 0 Å². The number of hydrogen-bond acceptors (Lipinski definition) is 5. The van der Waals surface area contributed by atoms with E-state index in [-0.39, 0.29) is 0 Å². The van der Waals surface area contributed by atoms with Gasteiger partial charge in [0.15, 0.2) is 11.5 Å². The van der Waals surface area contributed by atoms with Crippen LogP contribution in [-0.4, -0.2) is 78.8 Å². The normalized spacial score (nSPS) is 35.3. The Morgan fingerprint density at radius 3 is 2.62 bits per heavy atom. The van der Waals surface area contributed by atoms with Crippen LogP contribution in [0.5, 0.6) is 11.5 Å². The number of amides is 1. The summed E-state index contributed by atoms with van der Waals surface area (Å²) in [6.45, 7) is 6.78. The van der Waals surface area contributed by atoms with Crippen LogP contribution in [0.3, 0.4) is 0 Å². The van der Waals surface area contributed by atoms with Crippen LogP contribution in [0.25, 0.3) is 0 Å². The molecule has 5 fully saturated rings. The molecule has 5 saturated heterocycles. The zero-order chi connectivity index (χ0) is 19.4. The zero-order valence-electron chi connectivity index (χ0n) is 17.1. The van der Waals surface area contributed by atoms with Crippen molar-refractivity contribution in [3.8, 4) is 11.5 Å². The van der Waals surface area contributed by atoms with Crippen molar-refractivity contribution in [2.45, 2.75) is 50.1 Å². The number of carbonyl (C=O) groups is 1. The summed E-state index contributed by atoms with van der Waals surface area (Å²) in [5.74, 6) is 3.10. The molecule has 0 radical (unpaired) electrons. The Bertz CT molecular complexity index is 786. The quantitative estimate of drug-likeness (QED) is 0.780. The van der Waals surface area contributed by atoms with Gasteiger partial charge in [-0.05, 0) is 75.5 Å². The Kier molecular flexibility index (Phi) is 4.45. The lowest BCUT2D eigenvalue weighted by Gasteiger charge is -2.51. The minimum Gasteiger partial charge on any atom is -0.454 e. The van der Waals surface area contributed by atoms with Crippen LogP contribution < -0.4 is 9.47 Å². The SMILES string of the molecule is O=C(CCN1CCCC1)N1C[C@H](c2ccc3c(c2)OCO3)[C@H]2[C@@H]1C1CCN2CC1. The number of ether oxygens (including phenoxy) is 2. The molecule has 29 heavy (non-hydrogen) atoms. The summed E-state index contributed by atoms with van der Waals surface area (Å²) >= 11 is 0. The van der Waals surface area contributed by atoms with Gasteiger partial charge < -0.3 is 19.3 Å². The molecule has 0 saturated carbocycles. The summed E-state index contributed by atoms with van der Waals surface area (Å²) in [4.78, 5) is 20.7. The molecule has 0 N–H and O–H groups in total. The van der Waals surface area contributed by atoms with Crippen molar-refractivity contribution in [2.75, 3.05) is 46.1 Å². The molecule has 7 rings (SSSR count). The number of fused-ring (bicyclic) bond motifs is 3. The number of nitrogens with zero attached hydrogens (tertiary/aromatic N) is 3. The Balaban J connectivity index is 1.26. The van der Waals surface area contributed by atoms with Gasteiger partial charge >= 0.3 is 0 Å². The van der Waals surface area contributed by atoms with E-state index in [0.29, 0.717) is 43.0 Å². The first-order chi connectivity index (χ1) is 14.3. The lowest BCUT2D eigenvalue weighted by molar-refractivity contribution is -0.136. The smallest absolute Gasteiger partial charge is 0.231 e. The van der Waals surface area contributed by atoms with Crippen LogP contribution in [0.15, 0.2) is 18.2 Å². The Morgan fingerprint density at radius 1 is 1.00 bits per heavy atom. The van der Waals surface area contributed by atoms with Gasteiger partial charge in [-0.25, -0.2) is 0 Å². The molecule has 1 aromatic carbocycles. The number of benzene rings is 1. The van der Waals surface area contributed by atoms with Gasteiger partial charge in [0, 0.05) is 31.5 Å². The molecular weight excluding hydrogens is 366 g/mol. The fourth-order valence-electron chi connectivity index (χ4n) is 6.54. The van der Waals surface area contributed by atoms with Gasteiger partial charge in [-0.15, -0.1) is 0 Å². The maximum absolute atomic E-state index is 13.3. The number of likely N-dealkylation sites (tertiary alicyclic amines) is 2. The molecular formula is C23H31N3O3. The lowest BCUT2D eigenvalue weighted by Crippen LogP contribution is -2.60. The summed E-state index contributed by atoms with van der Waals surface area (Å²) in [7, 11) is 0. The summed E-state index contributed by atoms with van der Waals surface area (Å²) in [5, 5.41) is 0. The molecule has 0 aliphatic carbocycles. The van der Waals surface area contributed by atoms with E-state index >= 15 is 0 Å². The molecule has 1 aromatic rings. The number of carbonyl (C=O) groups excluding carboxylic acids is 1. The van der Waals surface area contributed by atoms with Crippen molar-refractivity contribution >= 4 is 5.91 Å². The number of piperidine rings is 3. The third kappa shape index (κ3) is 3.03. The minimum absolute atomic E-state index is 0.310. The Labute approximate surface area is 172 Å². The average Bonchev–Trinajstić information content (AvgIpc) is 3.52. The van der Waals surface area contributed by atoms with Gasteiger partial charge in [0.1, 0.15) is 0 Å². The van der Waals surface area contributed by atoms with E-state index in [1.54, 1.807) is 0 Å². The van der Waals surface area contributed by atoms with Crippen molar-refractivity contribution in [1.82, 2.24) is 14.7 Å². The number of rotatable bonds is 4. The molecule has 6 heterocycles. The van der Waals surface area contributed by atoms with E-state index in [4.69, 9.17) is 9.47 Å². The van der Waals surface area contributed by atoms with Crippen LogP contribution in [-0.2, 0) is 4.79 Å². The van der Waals surface area contributed by atoms with Gasteiger partial charge in [-0.1, -0.05) is 6.07 Å². The van der Waals surface area contributed by atoms with Crippen molar-refractivity contribution in [1.29, 1.82) is 0 Å². The highest BCUT2D eigenvalue weighted by Gasteiger charge is 2.54. The maximum atomic E-state index is 13.3. The van der Waals surface area contributed by atoms with Crippen molar-refractivity contribution in [2.24, 2.45) is 5.92 Å². The fraction of sp³-hybridized carbons (Fsp3) is 0.696. The van der Waals surface area contributed by atoms with E-state index in [2.05, 4.69) is 26.8 Å². The second-order valence-corrected chi connectivity index (χ2v) is 9.42. The molecule has 0 spiro atoms. The highest BCUT2D eigenvalue weighted by Crippen LogP contribution is 2.48. The highest BCUT2D eigenvalue weighted by molar-refractivity contribution is 5.77. The molecule has 6 aliphatic heterocycles. The summed E-state index contributed by atoms with van der Waals surface area (Å²) in [6, 6.07) is 7.24. The first-order valence-corrected chi connectivity index (χ1v) is 11.4. The largest absolute Gasteiger partial charge is 0.454 e. The van der Waals surface area contributed by atoms with Crippen molar-refractivity contribution in [3.63, 3.8) is 0 Å². The summed E-state index contributed by atoms with van der Waals surface area (Å²) in [6.07, 6.45) is 5.72. The second kappa shape index (κ2) is 7.17. The molecule has 6 aliphatic rings. The van der Waals surface area contributed by atoms with Crippen LogP contribution in [0, 0.1) is 5.92 Å². The molecule has 156 valence electrons. The van der Waals surface area contributed by atoms with Crippen LogP contribution in [0.4, 0.5) is 0 Å².